The van der Waals surface area contributed by atoms with E-state index in [1.54, 1.807) is 31.2 Å². The van der Waals surface area contributed by atoms with Gasteiger partial charge in [0.15, 0.2) is 6.10 Å². The molecule has 2 rings (SSSR count). The average molecular weight is 438 g/mol. The van der Waals surface area contributed by atoms with Crippen molar-refractivity contribution in [3.8, 4) is 5.75 Å². The Bertz CT molecular complexity index is 880. The Morgan fingerprint density at radius 3 is 2.66 bits per heavy atom. The Kier molecular flexibility index (Phi) is 8.67. The molecule has 29 heavy (non-hydrogen) atoms. The van der Waals surface area contributed by atoms with Gasteiger partial charge in [-0.15, -0.1) is 11.3 Å². The van der Waals surface area contributed by atoms with E-state index < -0.39 is 12.1 Å². The molecular weight excluding hydrogens is 414 g/mol. The summed E-state index contributed by atoms with van der Waals surface area (Å²) in [6.07, 6.45) is -0.237. The highest BCUT2D eigenvalue weighted by Gasteiger charge is 2.21. The van der Waals surface area contributed by atoms with Crippen molar-refractivity contribution in [3.63, 3.8) is 0 Å². The Morgan fingerprint density at radius 2 is 1.97 bits per heavy atom. The molecule has 0 bridgehead atoms. The van der Waals surface area contributed by atoms with Crippen molar-refractivity contribution in [2.45, 2.75) is 46.3 Å². The first-order chi connectivity index (χ1) is 13.8. The lowest BCUT2D eigenvalue weighted by Crippen LogP contribution is -2.24. The lowest BCUT2D eigenvalue weighted by molar-refractivity contribution is -0.146. The molecule has 2 aromatic rings. The first-order valence-corrected chi connectivity index (χ1v) is 10.4. The van der Waals surface area contributed by atoms with Crippen molar-refractivity contribution in [1.29, 1.82) is 0 Å². The van der Waals surface area contributed by atoms with E-state index in [1.165, 1.54) is 18.3 Å². The zero-order chi connectivity index (χ0) is 21.4. The first-order valence-electron chi connectivity index (χ1n) is 9.22. The van der Waals surface area contributed by atoms with Gasteiger partial charge in [-0.05, 0) is 56.2 Å². The third-order valence-corrected chi connectivity index (χ3v) is 5.35. The second-order valence-corrected chi connectivity index (χ2v) is 8.14. The Morgan fingerprint density at radius 1 is 1.21 bits per heavy atom. The van der Waals surface area contributed by atoms with Crippen LogP contribution in [0.2, 0.25) is 5.02 Å². The van der Waals surface area contributed by atoms with E-state index in [2.05, 4.69) is 5.32 Å². The third-order valence-electron chi connectivity index (χ3n) is 4.01. The van der Waals surface area contributed by atoms with Crippen LogP contribution in [0.4, 0.5) is 0 Å². The summed E-state index contributed by atoms with van der Waals surface area (Å²) in [5.74, 6) is -0.120. The van der Waals surface area contributed by atoms with Crippen LogP contribution in [0.15, 0.2) is 30.3 Å². The van der Waals surface area contributed by atoms with Gasteiger partial charge in [0.05, 0.1) is 18.0 Å². The fourth-order valence-electron chi connectivity index (χ4n) is 2.50. The molecule has 156 valence electrons. The molecule has 6 nitrogen and oxygen atoms in total. The molecular formula is C21H24ClNO5S. The molecule has 1 aromatic carbocycles. The monoisotopic (exact) mass is 437 g/mol. The van der Waals surface area contributed by atoms with E-state index in [0.29, 0.717) is 29.5 Å². The number of thiophene rings is 1. The predicted molar refractivity (Wildman–Crippen MR) is 113 cm³/mol. The maximum Gasteiger partial charge on any atom is 0.306 e. The molecule has 1 N–H and O–H groups in total. The lowest BCUT2D eigenvalue weighted by Gasteiger charge is -2.12. The lowest BCUT2D eigenvalue weighted by atomic mass is 10.2. The third kappa shape index (κ3) is 7.51. The van der Waals surface area contributed by atoms with Gasteiger partial charge in [0.2, 0.25) is 11.7 Å². The van der Waals surface area contributed by atoms with E-state index in [0.717, 1.165) is 16.2 Å². The van der Waals surface area contributed by atoms with Crippen LogP contribution < -0.4 is 10.1 Å². The molecule has 0 saturated heterocycles. The fraction of sp³-hybridized carbons (Fsp3) is 0.381. The maximum absolute atomic E-state index is 12.4. The molecule has 0 saturated carbocycles. The number of halogens is 1. The van der Waals surface area contributed by atoms with Gasteiger partial charge < -0.3 is 14.8 Å². The molecule has 1 atom stereocenters. The summed E-state index contributed by atoms with van der Waals surface area (Å²) in [5, 5.41) is 3.32. The molecule has 0 radical (unpaired) electrons. The van der Waals surface area contributed by atoms with Crippen LogP contribution in [0.25, 0.3) is 0 Å². The van der Waals surface area contributed by atoms with Crippen molar-refractivity contribution >= 4 is 40.6 Å². The maximum atomic E-state index is 12.4. The smallest absolute Gasteiger partial charge is 0.306 e. The number of carbonyl (C=O) groups excluding carboxylic acids is 3. The Labute approximate surface area is 179 Å². The van der Waals surface area contributed by atoms with Crippen molar-refractivity contribution in [1.82, 2.24) is 5.32 Å². The van der Waals surface area contributed by atoms with Gasteiger partial charge in [0.1, 0.15) is 5.75 Å². The van der Waals surface area contributed by atoms with E-state index in [4.69, 9.17) is 21.1 Å². The Hall–Kier alpha value is -2.38. The molecule has 8 heteroatoms. The van der Waals surface area contributed by atoms with Crippen LogP contribution in [0.5, 0.6) is 5.75 Å². The van der Waals surface area contributed by atoms with Crippen molar-refractivity contribution in [3.05, 3.63) is 50.7 Å². The van der Waals surface area contributed by atoms with Crippen LogP contribution in [-0.4, -0.2) is 30.4 Å². The molecule has 0 aliphatic rings. The first kappa shape index (κ1) is 22.9. The summed E-state index contributed by atoms with van der Waals surface area (Å²) >= 11 is 7.18. The highest BCUT2D eigenvalue weighted by molar-refractivity contribution is 7.14. The number of Topliss-reactive ketones (excluding diaryl/α,β-unsaturated/α-hetero) is 1. The van der Waals surface area contributed by atoms with Crippen LogP contribution >= 0.6 is 22.9 Å². The standard InChI is InChI=1S/C21H24ClNO5S/c1-13-11-16(22)6-8-18(13)27-10-4-5-20(25)28-14(2)21(26)19-9-7-17(29-19)12-23-15(3)24/h6-9,11,14H,4-5,10,12H2,1-3H3,(H,23,24). The number of rotatable bonds is 10. The van der Waals surface area contributed by atoms with Gasteiger partial charge in [-0.25, -0.2) is 0 Å². The van der Waals surface area contributed by atoms with Gasteiger partial charge in [-0.2, -0.15) is 0 Å². The van der Waals surface area contributed by atoms with Crippen molar-refractivity contribution < 1.29 is 23.9 Å². The number of benzene rings is 1. The largest absolute Gasteiger partial charge is 0.493 e. The molecule has 0 fully saturated rings. The normalized spacial score (nSPS) is 11.6. The summed E-state index contributed by atoms with van der Waals surface area (Å²) in [6, 6.07) is 8.80. The number of hydrogen-bond acceptors (Lipinski definition) is 6. The number of nitrogens with one attached hydrogen (secondary N) is 1. The summed E-state index contributed by atoms with van der Waals surface area (Å²) in [7, 11) is 0. The average Bonchev–Trinajstić information content (AvgIpc) is 3.13. The molecule has 0 aliphatic carbocycles. The second kappa shape index (κ2) is 11.0. The van der Waals surface area contributed by atoms with Crippen molar-refractivity contribution in [2.24, 2.45) is 0 Å². The zero-order valence-electron chi connectivity index (χ0n) is 16.6. The van der Waals surface area contributed by atoms with Crippen LogP contribution in [0.1, 0.15) is 46.8 Å². The number of hydrogen-bond donors (Lipinski definition) is 1. The second-order valence-electron chi connectivity index (χ2n) is 6.53. The number of carbonyl (C=O) groups is 3. The minimum absolute atomic E-state index is 0.135. The van der Waals surface area contributed by atoms with Gasteiger partial charge in [0, 0.05) is 23.2 Å². The number of ether oxygens (including phenoxy) is 2. The quantitative estimate of drug-likeness (QED) is 0.340. The van der Waals surface area contributed by atoms with Gasteiger partial charge in [0.25, 0.3) is 0 Å². The van der Waals surface area contributed by atoms with Gasteiger partial charge >= 0.3 is 5.97 Å². The van der Waals surface area contributed by atoms with Gasteiger partial charge in [-0.1, -0.05) is 11.6 Å². The number of esters is 1. The highest BCUT2D eigenvalue weighted by atomic mass is 35.5. The SMILES string of the molecule is CC(=O)NCc1ccc(C(=O)C(C)OC(=O)CCCOc2ccc(Cl)cc2C)s1. The molecule has 0 spiro atoms. The van der Waals surface area contributed by atoms with Crippen LogP contribution in [0.3, 0.4) is 0 Å². The van der Waals surface area contributed by atoms with Crippen LogP contribution in [0, 0.1) is 6.92 Å². The molecule has 1 unspecified atom stereocenters. The summed E-state index contributed by atoms with van der Waals surface area (Å²) in [5.41, 5.74) is 0.924. The summed E-state index contributed by atoms with van der Waals surface area (Å²) in [6.45, 7) is 5.62. The van der Waals surface area contributed by atoms with E-state index in [-0.39, 0.29) is 18.1 Å². The summed E-state index contributed by atoms with van der Waals surface area (Å²) < 4.78 is 10.9. The number of aryl methyl sites for hydroxylation is 1. The molecule has 1 heterocycles. The number of ketones is 1. The fourth-order valence-corrected chi connectivity index (χ4v) is 3.69. The molecule has 1 amide bonds. The van der Waals surface area contributed by atoms with Crippen molar-refractivity contribution in [2.75, 3.05) is 6.61 Å². The minimum Gasteiger partial charge on any atom is -0.493 e. The molecule has 1 aromatic heterocycles. The van der Waals surface area contributed by atoms with E-state index >= 15 is 0 Å². The number of amides is 1. The van der Waals surface area contributed by atoms with Gasteiger partial charge in [-0.3, -0.25) is 14.4 Å². The minimum atomic E-state index is -0.866. The summed E-state index contributed by atoms with van der Waals surface area (Å²) in [4.78, 5) is 36.7. The molecule has 0 aliphatic heterocycles. The van der Waals surface area contributed by atoms with E-state index in [1.807, 2.05) is 13.0 Å². The predicted octanol–water partition coefficient (Wildman–Crippen LogP) is 4.32. The van der Waals surface area contributed by atoms with Crippen LogP contribution in [-0.2, 0) is 20.9 Å². The topological polar surface area (TPSA) is 81.7 Å². The highest BCUT2D eigenvalue weighted by Crippen LogP contribution is 2.22. The van der Waals surface area contributed by atoms with E-state index in [9.17, 15) is 14.4 Å². The Balaban J connectivity index is 1.73. The zero-order valence-corrected chi connectivity index (χ0v) is 18.2.